The van der Waals surface area contributed by atoms with Gasteiger partial charge in [-0.05, 0) is 110 Å². The Bertz CT molecular complexity index is 1240. The van der Waals surface area contributed by atoms with E-state index in [4.69, 9.17) is 4.74 Å². The molecule has 2 fully saturated rings. The highest BCUT2D eigenvalue weighted by molar-refractivity contribution is 5.65. The summed E-state index contributed by atoms with van der Waals surface area (Å²) < 4.78 is 5.48. The Morgan fingerprint density at radius 3 is 2.50 bits per heavy atom. The van der Waals surface area contributed by atoms with Gasteiger partial charge in [0.25, 0.3) is 11.4 Å². The minimum absolute atomic E-state index is 0.256. The second-order valence-corrected chi connectivity index (χ2v) is 12.2. The van der Waals surface area contributed by atoms with Crippen molar-refractivity contribution in [1.82, 2.24) is 5.32 Å². The van der Waals surface area contributed by atoms with Gasteiger partial charge in [0.15, 0.2) is 0 Å². The van der Waals surface area contributed by atoms with Crippen LogP contribution in [0.5, 0.6) is 5.75 Å². The summed E-state index contributed by atoms with van der Waals surface area (Å²) in [5.74, 6) is 3.28. The number of nitrogens with one attached hydrogen (secondary N) is 2. The lowest BCUT2D eigenvalue weighted by molar-refractivity contribution is -0.393. The van der Waals surface area contributed by atoms with Crippen molar-refractivity contribution in [1.29, 1.82) is 0 Å². The number of nitro groups is 2. The predicted molar refractivity (Wildman–Crippen MR) is 156 cm³/mol. The summed E-state index contributed by atoms with van der Waals surface area (Å²) in [6, 6.07) is 11.1. The number of benzene rings is 2. The van der Waals surface area contributed by atoms with Gasteiger partial charge in [-0.2, -0.15) is 0 Å². The van der Waals surface area contributed by atoms with E-state index >= 15 is 0 Å². The fourth-order valence-electron chi connectivity index (χ4n) is 8.06. The van der Waals surface area contributed by atoms with E-state index in [0.717, 1.165) is 55.9 Å². The summed E-state index contributed by atoms with van der Waals surface area (Å²) in [6.45, 7) is 4.18. The van der Waals surface area contributed by atoms with Crippen LogP contribution in [-0.4, -0.2) is 36.1 Å². The van der Waals surface area contributed by atoms with Gasteiger partial charge in [0.1, 0.15) is 11.4 Å². The van der Waals surface area contributed by atoms with E-state index in [1.807, 2.05) is 0 Å². The highest BCUT2D eigenvalue weighted by atomic mass is 16.6. The molecular weight excluding hydrogens is 508 g/mol. The summed E-state index contributed by atoms with van der Waals surface area (Å²) in [5.41, 5.74) is 3.26. The van der Waals surface area contributed by atoms with Gasteiger partial charge >= 0.3 is 0 Å². The van der Waals surface area contributed by atoms with Gasteiger partial charge in [-0.25, -0.2) is 0 Å². The molecule has 3 aliphatic carbocycles. The Kier molecular flexibility index (Phi) is 8.59. The molecule has 0 heterocycles. The molecule has 0 unspecified atom stereocenters. The third kappa shape index (κ3) is 5.66. The maximum atomic E-state index is 11.3. The van der Waals surface area contributed by atoms with E-state index < -0.39 is 9.85 Å². The quantitative estimate of drug-likeness (QED) is 0.166. The second-order valence-electron chi connectivity index (χ2n) is 12.2. The van der Waals surface area contributed by atoms with E-state index in [-0.39, 0.29) is 11.4 Å². The first-order valence-electron chi connectivity index (χ1n) is 14.9. The Balaban J connectivity index is 1.04. The molecule has 40 heavy (non-hydrogen) atoms. The van der Waals surface area contributed by atoms with E-state index in [2.05, 4.69) is 35.8 Å². The minimum atomic E-state index is -0.616. The molecule has 5 atom stereocenters. The molecule has 2 N–H and O–H groups in total. The average molecular weight is 551 g/mol. The zero-order valence-corrected chi connectivity index (χ0v) is 23.7. The monoisotopic (exact) mass is 550 g/mol. The van der Waals surface area contributed by atoms with Crippen LogP contribution in [0.4, 0.5) is 17.1 Å². The molecule has 0 radical (unpaired) electrons. The number of methoxy groups -OCH3 is 1. The third-order valence-electron chi connectivity index (χ3n) is 10.1. The third-order valence-corrected chi connectivity index (χ3v) is 10.1. The molecule has 2 saturated carbocycles. The normalized spacial score (nSPS) is 26.9. The van der Waals surface area contributed by atoms with E-state index in [1.54, 1.807) is 12.7 Å². The number of nitro benzene ring substituents is 2. The molecule has 216 valence electrons. The SMILES string of the molecule is COc1ccc2c(c1)CC[C@@H]1[C@@H]2CC[C@]2(C)[C@@H](NCCCCCCNc3ccc([N+](=O)[O-])cc3[N+](=O)[O-])CC[C@@H]12. The number of non-ortho nitro benzene ring substituents is 1. The van der Waals surface area contributed by atoms with Crippen molar-refractivity contribution in [2.45, 2.75) is 83.1 Å². The number of hydrogen-bond acceptors (Lipinski definition) is 7. The van der Waals surface area contributed by atoms with Gasteiger partial charge in [-0.3, -0.25) is 20.2 Å². The number of fused-ring (bicyclic) bond motifs is 5. The van der Waals surface area contributed by atoms with Crippen LogP contribution in [0, 0.1) is 37.5 Å². The zero-order valence-electron chi connectivity index (χ0n) is 23.7. The van der Waals surface area contributed by atoms with Gasteiger partial charge in [-0.15, -0.1) is 0 Å². The van der Waals surface area contributed by atoms with E-state index in [9.17, 15) is 20.2 Å². The van der Waals surface area contributed by atoms with Crippen LogP contribution in [0.3, 0.4) is 0 Å². The Hall–Kier alpha value is -3.20. The Morgan fingerprint density at radius 1 is 0.950 bits per heavy atom. The fraction of sp³-hybridized carbons (Fsp3) is 0.613. The van der Waals surface area contributed by atoms with Crippen molar-refractivity contribution in [3.63, 3.8) is 0 Å². The topological polar surface area (TPSA) is 120 Å². The lowest BCUT2D eigenvalue weighted by Crippen LogP contribution is -2.48. The molecule has 0 aliphatic heterocycles. The molecule has 0 spiro atoms. The van der Waals surface area contributed by atoms with Crippen LogP contribution in [0.15, 0.2) is 36.4 Å². The molecule has 2 aromatic rings. The summed E-state index contributed by atoms with van der Waals surface area (Å²) in [6.07, 6.45) is 11.8. The van der Waals surface area contributed by atoms with Gasteiger partial charge in [-0.1, -0.05) is 25.8 Å². The first-order valence-corrected chi connectivity index (χ1v) is 14.9. The summed E-state index contributed by atoms with van der Waals surface area (Å²) >= 11 is 0. The van der Waals surface area contributed by atoms with Crippen molar-refractivity contribution in [2.75, 3.05) is 25.5 Å². The highest BCUT2D eigenvalue weighted by Gasteiger charge is 2.54. The largest absolute Gasteiger partial charge is 0.497 e. The van der Waals surface area contributed by atoms with Gasteiger partial charge < -0.3 is 15.4 Å². The van der Waals surface area contributed by atoms with Crippen molar-refractivity contribution in [3.8, 4) is 5.75 Å². The second kappa shape index (κ2) is 12.1. The molecule has 9 heteroatoms. The van der Waals surface area contributed by atoms with Crippen LogP contribution >= 0.6 is 0 Å². The standard InChI is InChI=1S/C31H42N4O5/c1-31-16-15-25-24-11-9-23(40-2)19-21(24)7-10-26(25)27(31)12-14-30(31)33-18-6-4-3-5-17-32-28-13-8-22(34(36)37)20-29(28)35(38)39/h8-9,11,13,19-20,25-27,30,32-33H,3-7,10,12,14-18H2,1-2H3/t25-,26-,27+,30+,31+/m1/s1. The molecule has 9 nitrogen and oxygen atoms in total. The average Bonchev–Trinajstić information content (AvgIpc) is 3.29. The molecule has 5 rings (SSSR count). The molecular formula is C31H42N4O5. The maximum absolute atomic E-state index is 11.3. The van der Waals surface area contributed by atoms with Crippen molar-refractivity contribution in [2.24, 2.45) is 17.3 Å². The van der Waals surface area contributed by atoms with Gasteiger partial charge in [0.05, 0.1) is 23.0 Å². The molecule has 3 aliphatic rings. The lowest BCUT2D eigenvalue weighted by Gasteiger charge is -2.51. The number of rotatable bonds is 12. The molecule has 0 aromatic heterocycles. The Labute approximate surface area is 236 Å². The molecule has 0 amide bonds. The Morgan fingerprint density at radius 2 is 1.75 bits per heavy atom. The number of ether oxygens (including phenoxy) is 1. The smallest absolute Gasteiger partial charge is 0.299 e. The lowest BCUT2D eigenvalue weighted by atomic mass is 9.55. The predicted octanol–water partition coefficient (Wildman–Crippen LogP) is 7.00. The van der Waals surface area contributed by atoms with Crippen molar-refractivity contribution >= 4 is 17.1 Å². The zero-order chi connectivity index (χ0) is 28.3. The highest BCUT2D eigenvalue weighted by Crippen LogP contribution is 2.61. The van der Waals surface area contributed by atoms with Gasteiger partial charge in [0, 0.05) is 18.7 Å². The van der Waals surface area contributed by atoms with E-state index in [1.165, 1.54) is 56.2 Å². The van der Waals surface area contributed by atoms with Crippen LogP contribution in [0.2, 0.25) is 0 Å². The first kappa shape index (κ1) is 28.3. The minimum Gasteiger partial charge on any atom is -0.497 e. The van der Waals surface area contributed by atoms with Gasteiger partial charge in [0.2, 0.25) is 0 Å². The fourth-order valence-corrected chi connectivity index (χ4v) is 8.06. The number of aryl methyl sites for hydroxylation is 1. The maximum Gasteiger partial charge on any atom is 0.299 e. The van der Waals surface area contributed by atoms with Crippen LogP contribution in [0.25, 0.3) is 0 Å². The van der Waals surface area contributed by atoms with Crippen LogP contribution in [0.1, 0.15) is 81.8 Å². The number of unbranched alkanes of at least 4 members (excludes halogenated alkanes) is 3. The molecule has 2 aromatic carbocycles. The number of anilines is 1. The summed E-state index contributed by atoms with van der Waals surface area (Å²) in [7, 11) is 1.75. The summed E-state index contributed by atoms with van der Waals surface area (Å²) in [5, 5.41) is 29.2. The molecule has 0 bridgehead atoms. The van der Waals surface area contributed by atoms with E-state index in [0.29, 0.717) is 29.6 Å². The number of nitrogens with zero attached hydrogens (tertiary/aromatic N) is 2. The first-order chi connectivity index (χ1) is 19.3. The van der Waals surface area contributed by atoms with Crippen molar-refractivity contribution < 1.29 is 14.6 Å². The number of hydrogen-bond donors (Lipinski definition) is 2. The van der Waals surface area contributed by atoms with Crippen LogP contribution in [-0.2, 0) is 6.42 Å². The molecule has 0 saturated heterocycles. The summed E-state index contributed by atoms with van der Waals surface area (Å²) in [4.78, 5) is 21.0. The van der Waals surface area contributed by atoms with Crippen molar-refractivity contribution in [3.05, 3.63) is 67.8 Å². The van der Waals surface area contributed by atoms with Crippen LogP contribution < -0.4 is 15.4 Å².